The fourth-order valence-corrected chi connectivity index (χ4v) is 2.19. The number of carbonyl (C=O) groups excluding carboxylic acids is 1. The van der Waals surface area contributed by atoms with E-state index in [1.165, 1.54) is 12.8 Å². The summed E-state index contributed by atoms with van der Waals surface area (Å²) in [6, 6.07) is 4.25. The lowest BCUT2D eigenvalue weighted by Gasteiger charge is -2.20. The molecule has 17 heavy (non-hydrogen) atoms. The average molecular weight is 233 g/mol. The number of nitrogens with zero attached hydrogens (tertiary/aromatic N) is 2. The zero-order valence-electron chi connectivity index (χ0n) is 10.2. The van der Waals surface area contributed by atoms with Crippen LogP contribution in [0.15, 0.2) is 24.5 Å². The summed E-state index contributed by atoms with van der Waals surface area (Å²) in [5, 5.41) is 3.07. The van der Waals surface area contributed by atoms with Gasteiger partial charge >= 0.3 is 6.03 Å². The minimum atomic E-state index is 0.0146. The van der Waals surface area contributed by atoms with E-state index in [4.69, 9.17) is 0 Å². The lowest BCUT2D eigenvalue weighted by atomic mass is 10.2. The Balaban J connectivity index is 1.82. The predicted molar refractivity (Wildman–Crippen MR) is 66.5 cm³/mol. The zero-order valence-corrected chi connectivity index (χ0v) is 10.2. The van der Waals surface area contributed by atoms with Gasteiger partial charge in [-0.05, 0) is 24.5 Å². The molecule has 1 heterocycles. The van der Waals surface area contributed by atoms with Gasteiger partial charge in [0.15, 0.2) is 0 Å². The van der Waals surface area contributed by atoms with Crippen LogP contribution in [0.4, 0.5) is 4.79 Å². The SMILES string of the molecule is CN(Cc1cccnc1)C(=O)NC1CCCC1. The molecule has 1 fully saturated rings. The molecule has 0 spiro atoms. The molecule has 92 valence electrons. The van der Waals surface area contributed by atoms with Crippen molar-refractivity contribution in [3.05, 3.63) is 30.1 Å². The molecule has 2 rings (SSSR count). The van der Waals surface area contributed by atoms with Crippen LogP contribution in [0.2, 0.25) is 0 Å². The third-order valence-electron chi connectivity index (χ3n) is 3.17. The fourth-order valence-electron chi connectivity index (χ4n) is 2.19. The van der Waals surface area contributed by atoms with Gasteiger partial charge in [-0.2, -0.15) is 0 Å². The van der Waals surface area contributed by atoms with Gasteiger partial charge in [-0.3, -0.25) is 4.98 Å². The Bertz CT molecular complexity index is 360. The Hall–Kier alpha value is -1.58. The molecule has 1 N–H and O–H groups in total. The lowest BCUT2D eigenvalue weighted by molar-refractivity contribution is 0.202. The van der Waals surface area contributed by atoms with Crippen molar-refractivity contribution in [2.75, 3.05) is 7.05 Å². The summed E-state index contributed by atoms with van der Waals surface area (Å²) in [7, 11) is 1.82. The second-order valence-corrected chi connectivity index (χ2v) is 4.65. The van der Waals surface area contributed by atoms with Crippen molar-refractivity contribution < 1.29 is 4.79 Å². The molecule has 1 aromatic rings. The summed E-state index contributed by atoms with van der Waals surface area (Å²) in [4.78, 5) is 17.6. The lowest BCUT2D eigenvalue weighted by Crippen LogP contribution is -2.41. The van der Waals surface area contributed by atoms with E-state index in [1.54, 1.807) is 17.3 Å². The number of carbonyl (C=O) groups is 1. The highest BCUT2D eigenvalue weighted by Gasteiger charge is 2.18. The number of urea groups is 1. The molecule has 0 unspecified atom stereocenters. The maximum Gasteiger partial charge on any atom is 0.317 e. The molecule has 0 radical (unpaired) electrons. The number of hydrogen-bond acceptors (Lipinski definition) is 2. The molecule has 1 saturated carbocycles. The average Bonchev–Trinajstić information content (AvgIpc) is 2.83. The topological polar surface area (TPSA) is 45.2 Å². The second kappa shape index (κ2) is 5.66. The smallest absolute Gasteiger partial charge is 0.317 e. The Morgan fingerprint density at radius 3 is 2.94 bits per heavy atom. The molecule has 4 nitrogen and oxygen atoms in total. The molecule has 2 amide bonds. The Labute approximate surface area is 102 Å². The van der Waals surface area contributed by atoms with Gasteiger partial charge in [-0.15, -0.1) is 0 Å². The van der Waals surface area contributed by atoms with Gasteiger partial charge in [0.05, 0.1) is 0 Å². The summed E-state index contributed by atoms with van der Waals surface area (Å²) in [5.41, 5.74) is 1.05. The second-order valence-electron chi connectivity index (χ2n) is 4.65. The van der Waals surface area contributed by atoms with Gasteiger partial charge in [-0.1, -0.05) is 18.9 Å². The number of hydrogen-bond donors (Lipinski definition) is 1. The number of pyridine rings is 1. The van der Waals surface area contributed by atoms with E-state index < -0.39 is 0 Å². The summed E-state index contributed by atoms with van der Waals surface area (Å²) >= 11 is 0. The third-order valence-corrected chi connectivity index (χ3v) is 3.17. The van der Waals surface area contributed by atoms with Crippen molar-refractivity contribution in [2.24, 2.45) is 0 Å². The van der Waals surface area contributed by atoms with Crippen LogP contribution in [0.3, 0.4) is 0 Å². The van der Waals surface area contributed by atoms with Gasteiger partial charge in [0.25, 0.3) is 0 Å². The number of nitrogens with one attached hydrogen (secondary N) is 1. The number of rotatable bonds is 3. The molecule has 0 bridgehead atoms. The maximum absolute atomic E-state index is 11.9. The normalized spacial score (nSPS) is 15.8. The minimum Gasteiger partial charge on any atom is -0.335 e. The molecule has 1 aromatic heterocycles. The van der Waals surface area contributed by atoms with Crippen molar-refractivity contribution in [3.63, 3.8) is 0 Å². The van der Waals surface area contributed by atoms with Gasteiger partial charge in [0.2, 0.25) is 0 Å². The Kier molecular flexibility index (Phi) is 3.96. The minimum absolute atomic E-state index is 0.0146. The van der Waals surface area contributed by atoms with Gasteiger partial charge in [0, 0.05) is 32.0 Å². The Morgan fingerprint density at radius 2 is 2.29 bits per heavy atom. The molecule has 4 heteroatoms. The molecular weight excluding hydrogens is 214 g/mol. The van der Waals surface area contributed by atoms with E-state index in [0.29, 0.717) is 12.6 Å². The van der Waals surface area contributed by atoms with Crippen molar-refractivity contribution in [2.45, 2.75) is 38.3 Å². The molecule has 0 aromatic carbocycles. The molecular formula is C13H19N3O. The third kappa shape index (κ3) is 3.44. The molecule has 1 aliphatic rings. The van der Waals surface area contributed by atoms with Crippen molar-refractivity contribution in [3.8, 4) is 0 Å². The van der Waals surface area contributed by atoms with Gasteiger partial charge in [0.1, 0.15) is 0 Å². The molecule has 0 saturated heterocycles. The van der Waals surface area contributed by atoms with Crippen LogP contribution in [0.5, 0.6) is 0 Å². The van der Waals surface area contributed by atoms with Crippen molar-refractivity contribution >= 4 is 6.03 Å². The first-order chi connectivity index (χ1) is 8.25. The van der Waals surface area contributed by atoms with E-state index in [-0.39, 0.29) is 6.03 Å². The monoisotopic (exact) mass is 233 g/mol. The zero-order chi connectivity index (χ0) is 12.1. The summed E-state index contributed by atoms with van der Waals surface area (Å²) in [6.07, 6.45) is 8.23. The first kappa shape index (κ1) is 11.9. The van der Waals surface area contributed by atoms with Crippen LogP contribution >= 0.6 is 0 Å². The number of aromatic nitrogens is 1. The first-order valence-electron chi connectivity index (χ1n) is 6.16. The van der Waals surface area contributed by atoms with Crippen molar-refractivity contribution in [1.82, 2.24) is 15.2 Å². The highest BCUT2D eigenvalue weighted by Crippen LogP contribution is 2.17. The summed E-state index contributed by atoms with van der Waals surface area (Å²) < 4.78 is 0. The molecule has 0 aliphatic heterocycles. The predicted octanol–water partition coefficient (Wildman–Crippen LogP) is 2.17. The largest absolute Gasteiger partial charge is 0.335 e. The fraction of sp³-hybridized carbons (Fsp3) is 0.538. The molecule has 0 atom stereocenters. The van der Waals surface area contributed by atoms with Crippen LogP contribution in [0.25, 0.3) is 0 Å². The Morgan fingerprint density at radius 1 is 1.53 bits per heavy atom. The van der Waals surface area contributed by atoms with Crippen LogP contribution in [0, 0.1) is 0 Å². The highest BCUT2D eigenvalue weighted by molar-refractivity contribution is 5.74. The van der Waals surface area contributed by atoms with Crippen molar-refractivity contribution in [1.29, 1.82) is 0 Å². The van der Waals surface area contributed by atoms with Crippen LogP contribution in [-0.4, -0.2) is 29.0 Å². The summed E-state index contributed by atoms with van der Waals surface area (Å²) in [6.45, 7) is 0.604. The van der Waals surface area contributed by atoms with E-state index in [2.05, 4.69) is 10.3 Å². The van der Waals surface area contributed by atoms with Crippen LogP contribution < -0.4 is 5.32 Å². The van der Waals surface area contributed by atoms with E-state index >= 15 is 0 Å². The first-order valence-corrected chi connectivity index (χ1v) is 6.16. The maximum atomic E-state index is 11.9. The van der Waals surface area contributed by atoms with Crippen LogP contribution in [0.1, 0.15) is 31.2 Å². The van der Waals surface area contributed by atoms with E-state index in [1.807, 2.05) is 19.2 Å². The molecule has 1 aliphatic carbocycles. The standard InChI is InChI=1S/C13H19N3O/c1-16(10-11-5-4-8-14-9-11)13(17)15-12-6-2-3-7-12/h4-5,8-9,12H,2-3,6-7,10H2,1H3,(H,15,17). The highest BCUT2D eigenvalue weighted by atomic mass is 16.2. The van der Waals surface area contributed by atoms with Gasteiger partial charge < -0.3 is 10.2 Å². The summed E-state index contributed by atoms with van der Waals surface area (Å²) in [5.74, 6) is 0. The van der Waals surface area contributed by atoms with E-state index in [9.17, 15) is 4.79 Å². The van der Waals surface area contributed by atoms with Crippen LogP contribution in [-0.2, 0) is 6.54 Å². The quantitative estimate of drug-likeness (QED) is 0.869. The number of amides is 2. The van der Waals surface area contributed by atoms with E-state index in [0.717, 1.165) is 18.4 Å². The van der Waals surface area contributed by atoms with Gasteiger partial charge in [-0.25, -0.2) is 4.79 Å².